The lowest BCUT2D eigenvalue weighted by Crippen LogP contribution is -2.17. The molecular formula is C17H19ClN2O4. The molecule has 6 nitrogen and oxygen atoms in total. The zero-order chi connectivity index (χ0) is 17.1. The molecule has 1 aromatic carbocycles. The van der Waals surface area contributed by atoms with Crippen LogP contribution in [-0.2, 0) is 11.3 Å². The molecule has 1 fully saturated rings. The van der Waals surface area contributed by atoms with Crippen molar-refractivity contribution in [2.24, 2.45) is 0 Å². The third kappa shape index (κ3) is 3.33. The van der Waals surface area contributed by atoms with Crippen LogP contribution in [0.25, 0.3) is 0 Å². The smallest absolute Gasteiger partial charge is 0.360 e. The first-order valence-electron chi connectivity index (χ1n) is 7.81. The van der Waals surface area contributed by atoms with E-state index in [1.165, 1.54) is 20.0 Å². The first-order valence-corrected chi connectivity index (χ1v) is 8.18. The summed E-state index contributed by atoms with van der Waals surface area (Å²) in [6, 6.07) is 5.74. The Labute approximate surface area is 145 Å². The number of carbonyl (C=O) groups excluding carboxylic acids is 1. The number of esters is 1. The molecule has 0 amide bonds. The lowest BCUT2D eigenvalue weighted by atomic mass is 10.2. The molecule has 1 aliphatic heterocycles. The van der Waals surface area contributed by atoms with Gasteiger partial charge in [-0.05, 0) is 38.0 Å². The molecule has 0 bridgehead atoms. The van der Waals surface area contributed by atoms with Crippen LogP contribution in [0.5, 0.6) is 5.75 Å². The van der Waals surface area contributed by atoms with E-state index in [0.717, 1.165) is 18.8 Å². The number of nitrogens with zero attached hydrogens (tertiary/aromatic N) is 2. The van der Waals surface area contributed by atoms with Gasteiger partial charge in [0, 0.05) is 18.8 Å². The number of methoxy groups -OCH3 is 1. The van der Waals surface area contributed by atoms with E-state index in [1.807, 2.05) is 18.2 Å². The van der Waals surface area contributed by atoms with Gasteiger partial charge in [-0.3, -0.25) is 0 Å². The Morgan fingerprint density at radius 1 is 1.38 bits per heavy atom. The molecule has 1 saturated heterocycles. The van der Waals surface area contributed by atoms with E-state index in [2.05, 4.69) is 10.1 Å². The van der Waals surface area contributed by atoms with E-state index in [9.17, 15) is 4.79 Å². The molecule has 128 valence electrons. The fraction of sp³-hybridized carbons (Fsp3) is 0.412. The molecule has 0 saturated carbocycles. The number of ether oxygens (including phenoxy) is 2. The van der Waals surface area contributed by atoms with Crippen LogP contribution in [-0.4, -0.2) is 31.3 Å². The van der Waals surface area contributed by atoms with Crippen molar-refractivity contribution in [1.82, 2.24) is 5.16 Å². The highest BCUT2D eigenvalue weighted by Gasteiger charge is 2.21. The summed E-state index contributed by atoms with van der Waals surface area (Å²) in [6.07, 6.45) is 2.41. The summed E-state index contributed by atoms with van der Waals surface area (Å²) in [5, 5.41) is 4.25. The number of benzene rings is 1. The van der Waals surface area contributed by atoms with Gasteiger partial charge in [0.25, 0.3) is 0 Å². The lowest BCUT2D eigenvalue weighted by molar-refractivity contribution is 0.0586. The SMILES string of the molecule is COC(=O)c1noc(C)c1COc1ccc(N2CCCC2)cc1Cl. The third-order valence-electron chi connectivity index (χ3n) is 4.12. The molecule has 2 heterocycles. The van der Waals surface area contributed by atoms with Gasteiger partial charge >= 0.3 is 5.97 Å². The van der Waals surface area contributed by atoms with Crippen molar-refractivity contribution in [3.05, 3.63) is 40.2 Å². The Bertz CT molecular complexity index is 738. The summed E-state index contributed by atoms with van der Waals surface area (Å²) in [5.41, 5.74) is 1.78. The van der Waals surface area contributed by atoms with Crippen molar-refractivity contribution in [3.63, 3.8) is 0 Å². The predicted molar refractivity (Wildman–Crippen MR) is 89.8 cm³/mol. The average Bonchev–Trinajstić information content (AvgIpc) is 3.23. The molecule has 0 radical (unpaired) electrons. The number of rotatable bonds is 5. The van der Waals surface area contributed by atoms with Crippen LogP contribution in [0.3, 0.4) is 0 Å². The summed E-state index contributed by atoms with van der Waals surface area (Å²) in [4.78, 5) is 14.0. The second-order valence-electron chi connectivity index (χ2n) is 5.66. The van der Waals surface area contributed by atoms with E-state index in [-0.39, 0.29) is 12.3 Å². The minimum absolute atomic E-state index is 0.125. The van der Waals surface area contributed by atoms with Crippen molar-refractivity contribution in [2.45, 2.75) is 26.4 Å². The normalized spacial score (nSPS) is 14.0. The first kappa shape index (κ1) is 16.6. The van der Waals surface area contributed by atoms with Gasteiger partial charge in [-0.1, -0.05) is 16.8 Å². The zero-order valence-corrected chi connectivity index (χ0v) is 14.4. The van der Waals surface area contributed by atoms with E-state index >= 15 is 0 Å². The van der Waals surface area contributed by atoms with Gasteiger partial charge < -0.3 is 18.9 Å². The fourth-order valence-electron chi connectivity index (χ4n) is 2.75. The van der Waals surface area contributed by atoms with Gasteiger partial charge in [-0.2, -0.15) is 0 Å². The molecule has 0 aliphatic carbocycles. The Morgan fingerprint density at radius 3 is 2.79 bits per heavy atom. The van der Waals surface area contributed by atoms with E-state index in [4.69, 9.17) is 25.6 Å². The summed E-state index contributed by atoms with van der Waals surface area (Å²) in [7, 11) is 1.30. The number of aromatic nitrogens is 1. The van der Waals surface area contributed by atoms with Gasteiger partial charge in [0.2, 0.25) is 0 Å². The summed E-state index contributed by atoms with van der Waals surface area (Å²) >= 11 is 6.34. The monoisotopic (exact) mass is 350 g/mol. The van der Waals surface area contributed by atoms with Crippen LogP contribution in [0.2, 0.25) is 5.02 Å². The highest BCUT2D eigenvalue weighted by Crippen LogP contribution is 2.31. The van der Waals surface area contributed by atoms with Crippen LogP contribution in [0, 0.1) is 6.92 Å². The highest BCUT2D eigenvalue weighted by molar-refractivity contribution is 6.32. The fourth-order valence-corrected chi connectivity index (χ4v) is 2.98. The molecule has 2 aromatic rings. The average molecular weight is 351 g/mol. The van der Waals surface area contributed by atoms with Crippen LogP contribution in [0.15, 0.2) is 22.7 Å². The maximum atomic E-state index is 11.7. The summed E-state index contributed by atoms with van der Waals surface area (Å²) in [6.45, 7) is 3.95. The number of hydrogen-bond donors (Lipinski definition) is 0. The maximum absolute atomic E-state index is 11.7. The highest BCUT2D eigenvalue weighted by atomic mass is 35.5. The third-order valence-corrected chi connectivity index (χ3v) is 4.42. The Balaban J connectivity index is 1.73. The number of hydrogen-bond acceptors (Lipinski definition) is 6. The van der Waals surface area contributed by atoms with Gasteiger partial charge in [0.15, 0.2) is 5.69 Å². The van der Waals surface area contributed by atoms with E-state index in [0.29, 0.717) is 22.1 Å². The molecule has 1 aromatic heterocycles. The maximum Gasteiger partial charge on any atom is 0.360 e. The van der Waals surface area contributed by atoms with E-state index in [1.54, 1.807) is 6.92 Å². The van der Waals surface area contributed by atoms with Crippen LogP contribution in [0.1, 0.15) is 34.7 Å². The quantitative estimate of drug-likeness (QED) is 0.768. The van der Waals surface area contributed by atoms with Crippen molar-refractivity contribution in [3.8, 4) is 5.75 Å². The predicted octanol–water partition coefficient (Wildman–Crippen LogP) is 3.60. The lowest BCUT2D eigenvalue weighted by Gasteiger charge is -2.18. The van der Waals surface area contributed by atoms with Crippen molar-refractivity contribution >= 4 is 23.3 Å². The molecule has 0 atom stereocenters. The summed E-state index contributed by atoms with van der Waals surface area (Å²) < 4.78 is 15.5. The van der Waals surface area contributed by atoms with Crippen LogP contribution in [0.4, 0.5) is 5.69 Å². The number of aryl methyl sites for hydroxylation is 1. The van der Waals surface area contributed by atoms with Gasteiger partial charge in [-0.25, -0.2) is 4.79 Å². The molecule has 7 heteroatoms. The number of anilines is 1. The van der Waals surface area contributed by atoms with Crippen LogP contribution < -0.4 is 9.64 Å². The standard InChI is InChI=1S/C17H19ClN2O4/c1-11-13(16(19-24-11)17(21)22-2)10-23-15-6-5-12(9-14(15)18)20-7-3-4-8-20/h5-6,9H,3-4,7-8,10H2,1-2H3. The minimum Gasteiger partial charge on any atom is -0.487 e. The van der Waals surface area contributed by atoms with Gasteiger partial charge in [0.1, 0.15) is 18.1 Å². The zero-order valence-electron chi connectivity index (χ0n) is 13.7. The number of halogens is 1. The summed E-state index contributed by atoms with van der Waals surface area (Å²) in [5.74, 6) is 0.511. The Hall–Kier alpha value is -2.21. The number of carbonyl (C=O) groups is 1. The molecular weight excluding hydrogens is 332 g/mol. The van der Waals surface area contributed by atoms with Crippen molar-refractivity contribution in [1.29, 1.82) is 0 Å². The molecule has 0 N–H and O–H groups in total. The minimum atomic E-state index is -0.555. The second kappa shape index (κ2) is 7.13. The first-order chi connectivity index (χ1) is 11.6. The Morgan fingerprint density at radius 2 is 2.12 bits per heavy atom. The molecule has 0 unspecified atom stereocenters. The molecule has 24 heavy (non-hydrogen) atoms. The Kier molecular flexibility index (Phi) is 4.94. The van der Waals surface area contributed by atoms with E-state index < -0.39 is 5.97 Å². The largest absolute Gasteiger partial charge is 0.487 e. The molecule has 3 rings (SSSR count). The second-order valence-corrected chi connectivity index (χ2v) is 6.06. The van der Waals surface area contributed by atoms with Gasteiger partial charge in [-0.15, -0.1) is 0 Å². The molecule has 1 aliphatic rings. The van der Waals surface area contributed by atoms with Gasteiger partial charge in [0.05, 0.1) is 17.7 Å². The topological polar surface area (TPSA) is 64.8 Å². The van der Waals surface area contributed by atoms with Crippen molar-refractivity contribution < 1.29 is 18.8 Å². The molecule has 0 spiro atoms. The van der Waals surface area contributed by atoms with Crippen molar-refractivity contribution in [2.75, 3.05) is 25.1 Å². The van der Waals surface area contributed by atoms with Crippen LogP contribution >= 0.6 is 11.6 Å².